The minimum atomic E-state index is -0.881. The van der Waals surface area contributed by atoms with Gasteiger partial charge in [0.05, 0.1) is 22.9 Å². The second-order valence-electron chi connectivity index (χ2n) is 6.42. The number of para-hydroxylation sites is 2. The molecule has 27 heavy (non-hydrogen) atoms. The summed E-state index contributed by atoms with van der Waals surface area (Å²) in [7, 11) is 0. The summed E-state index contributed by atoms with van der Waals surface area (Å²) < 4.78 is 6.03. The molecule has 2 amide bonds. The highest BCUT2D eigenvalue weighted by Gasteiger charge is 2.37. The van der Waals surface area contributed by atoms with Gasteiger partial charge in [0.1, 0.15) is 5.75 Å². The number of hydrogen-bond acceptors (Lipinski definition) is 4. The molecular formula is C21H21NO5. The van der Waals surface area contributed by atoms with Crippen molar-refractivity contribution in [3.8, 4) is 5.75 Å². The zero-order valence-electron chi connectivity index (χ0n) is 15.1. The molecule has 1 atom stereocenters. The summed E-state index contributed by atoms with van der Waals surface area (Å²) in [5, 5.41) is 8.94. The minimum absolute atomic E-state index is 0.000149. The molecule has 3 rings (SSSR count). The Bertz CT molecular complexity index is 841. The molecule has 1 unspecified atom stereocenters. The quantitative estimate of drug-likeness (QED) is 0.716. The van der Waals surface area contributed by atoms with Gasteiger partial charge < -0.3 is 9.84 Å². The number of carbonyl (C=O) groups excluding carboxylic acids is 2. The van der Waals surface area contributed by atoms with E-state index in [1.54, 1.807) is 48.5 Å². The highest BCUT2D eigenvalue weighted by molar-refractivity contribution is 6.34. The number of ether oxygens (including phenoxy) is 1. The fourth-order valence-corrected chi connectivity index (χ4v) is 3.20. The van der Waals surface area contributed by atoms with Crippen molar-refractivity contribution in [2.24, 2.45) is 0 Å². The normalized spacial score (nSPS) is 14.2. The van der Waals surface area contributed by atoms with Crippen LogP contribution in [0.15, 0.2) is 48.5 Å². The first-order valence-corrected chi connectivity index (χ1v) is 8.98. The van der Waals surface area contributed by atoms with Crippen molar-refractivity contribution in [1.29, 1.82) is 0 Å². The summed E-state index contributed by atoms with van der Waals surface area (Å²) in [6.45, 7) is 1.99. The second-order valence-corrected chi connectivity index (χ2v) is 6.42. The second kappa shape index (κ2) is 8.03. The van der Waals surface area contributed by atoms with Crippen LogP contribution in [0.1, 0.15) is 53.3 Å². The molecular weight excluding hydrogens is 346 g/mol. The van der Waals surface area contributed by atoms with Crippen LogP contribution < -0.4 is 9.64 Å². The molecule has 0 fully saturated rings. The molecule has 2 aromatic rings. The van der Waals surface area contributed by atoms with E-state index in [1.165, 1.54) is 0 Å². The minimum Gasteiger partial charge on any atom is -0.488 e. The molecule has 6 nitrogen and oxygen atoms in total. The lowest BCUT2D eigenvalue weighted by Gasteiger charge is -2.23. The standard InChI is InChI=1S/C21H21NO5/c1-2-7-14(12-13-19(23)24)27-18-11-6-5-10-17(18)22-20(25)15-8-3-4-9-16(15)21(22)26/h3-6,8-11,14H,2,7,12-13H2,1H3,(H,23,24). The van der Waals surface area contributed by atoms with Gasteiger partial charge in [-0.05, 0) is 37.1 Å². The highest BCUT2D eigenvalue weighted by Crippen LogP contribution is 2.35. The van der Waals surface area contributed by atoms with E-state index in [9.17, 15) is 14.4 Å². The van der Waals surface area contributed by atoms with Crippen molar-refractivity contribution in [3.63, 3.8) is 0 Å². The van der Waals surface area contributed by atoms with Crippen LogP contribution in [0.25, 0.3) is 0 Å². The average Bonchev–Trinajstić information content (AvgIpc) is 2.91. The van der Waals surface area contributed by atoms with Gasteiger partial charge in [0.2, 0.25) is 0 Å². The Morgan fingerprint density at radius 1 is 1.00 bits per heavy atom. The molecule has 1 heterocycles. The number of carboxylic acid groups (broad SMARTS) is 1. The van der Waals surface area contributed by atoms with Crippen LogP contribution in [0.5, 0.6) is 5.75 Å². The summed E-state index contributed by atoms with van der Waals surface area (Å²) >= 11 is 0. The number of anilines is 1. The predicted octanol–water partition coefficient (Wildman–Crippen LogP) is 3.90. The number of nitrogens with zero attached hydrogens (tertiary/aromatic N) is 1. The first-order valence-electron chi connectivity index (χ1n) is 8.98. The SMILES string of the molecule is CCCC(CCC(=O)O)Oc1ccccc1N1C(=O)c2ccccc2C1=O. The van der Waals surface area contributed by atoms with Gasteiger partial charge in [-0.25, -0.2) is 4.90 Å². The van der Waals surface area contributed by atoms with E-state index in [0.29, 0.717) is 35.4 Å². The Labute approximate surface area is 157 Å². The number of carboxylic acids is 1. The highest BCUT2D eigenvalue weighted by atomic mass is 16.5. The number of carbonyl (C=O) groups is 3. The largest absolute Gasteiger partial charge is 0.488 e. The van der Waals surface area contributed by atoms with Crippen LogP contribution in [0.4, 0.5) is 5.69 Å². The molecule has 6 heteroatoms. The van der Waals surface area contributed by atoms with Crippen LogP contribution in [0.2, 0.25) is 0 Å². The van der Waals surface area contributed by atoms with Gasteiger partial charge in [0.15, 0.2) is 0 Å². The first kappa shape index (κ1) is 18.6. The van der Waals surface area contributed by atoms with E-state index in [2.05, 4.69) is 0 Å². The number of aliphatic carboxylic acids is 1. The maximum absolute atomic E-state index is 12.8. The maximum Gasteiger partial charge on any atom is 0.303 e. The third kappa shape index (κ3) is 3.84. The van der Waals surface area contributed by atoms with Crippen molar-refractivity contribution in [2.75, 3.05) is 4.90 Å². The molecule has 0 radical (unpaired) electrons. The fraction of sp³-hybridized carbons (Fsp3) is 0.286. The Kier molecular flexibility index (Phi) is 5.54. The van der Waals surface area contributed by atoms with Gasteiger partial charge in [-0.1, -0.05) is 37.6 Å². The third-order valence-electron chi connectivity index (χ3n) is 4.48. The predicted molar refractivity (Wildman–Crippen MR) is 100 cm³/mol. The topological polar surface area (TPSA) is 83.9 Å². The van der Waals surface area contributed by atoms with Crippen molar-refractivity contribution in [3.05, 3.63) is 59.7 Å². The monoisotopic (exact) mass is 367 g/mol. The van der Waals surface area contributed by atoms with Gasteiger partial charge in [-0.2, -0.15) is 0 Å². The molecule has 2 aromatic carbocycles. The molecule has 1 aliphatic rings. The van der Waals surface area contributed by atoms with Crippen LogP contribution in [0, 0.1) is 0 Å². The molecule has 0 aromatic heterocycles. The van der Waals surface area contributed by atoms with Crippen molar-refractivity contribution in [1.82, 2.24) is 0 Å². The molecule has 1 N–H and O–H groups in total. The summed E-state index contributed by atoms with van der Waals surface area (Å²) in [4.78, 5) is 37.5. The molecule has 1 aliphatic heterocycles. The molecule has 140 valence electrons. The van der Waals surface area contributed by atoms with E-state index < -0.39 is 5.97 Å². The zero-order valence-corrected chi connectivity index (χ0v) is 15.1. The summed E-state index contributed by atoms with van der Waals surface area (Å²) in [6, 6.07) is 13.6. The number of hydrogen-bond donors (Lipinski definition) is 1. The average molecular weight is 367 g/mol. The molecule has 0 saturated heterocycles. The summed E-state index contributed by atoms with van der Waals surface area (Å²) in [6.07, 6.45) is 1.57. The number of imide groups is 1. The van der Waals surface area contributed by atoms with Crippen molar-refractivity contribution >= 4 is 23.5 Å². The number of benzene rings is 2. The Hall–Kier alpha value is -3.15. The van der Waals surface area contributed by atoms with Crippen molar-refractivity contribution < 1.29 is 24.2 Å². The lowest BCUT2D eigenvalue weighted by atomic mass is 10.1. The van der Waals surface area contributed by atoms with Gasteiger partial charge >= 0.3 is 5.97 Å². The Balaban J connectivity index is 1.89. The van der Waals surface area contributed by atoms with Crippen LogP contribution >= 0.6 is 0 Å². The Morgan fingerprint density at radius 3 is 2.19 bits per heavy atom. The van der Waals surface area contributed by atoms with Gasteiger partial charge in [0.25, 0.3) is 11.8 Å². The molecule has 0 aliphatic carbocycles. The molecule has 0 bridgehead atoms. The number of fused-ring (bicyclic) bond motifs is 1. The zero-order chi connectivity index (χ0) is 19.4. The van der Waals surface area contributed by atoms with E-state index in [-0.39, 0.29) is 24.3 Å². The van der Waals surface area contributed by atoms with E-state index in [0.717, 1.165) is 11.3 Å². The molecule has 0 spiro atoms. The lowest BCUT2D eigenvalue weighted by molar-refractivity contribution is -0.137. The van der Waals surface area contributed by atoms with Crippen molar-refractivity contribution in [2.45, 2.75) is 38.7 Å². The first-order chi connectivity index (χ1) is 13.0. The van der Waals surface area contributed by atoms with E-state index in [4.69, 9.17) is 9.84 Å². The smallest absolute Gasteiger partial charge is 0.303 e. The fourth-order valence-electron chi connectivity index (χ4n) is 3.20. The van der Waals surface area contributed by atoms with E-state index >= 15 is 0 Å². The van der Waals surface area contributed by atoms with Gasteiger partial charge in [0, 0.05) is 6.42 Å². The summed E-state index contributed by atoms with van der Waals surface area (Å²) in [5.74, 6) is -1.25. The molecule has 0 saturated carbocycles. The third-order valence-corrected chi connectivity index (χ3v) is 4.48. The number of rotatable bonds is 8. The summed E-state index contributed by atoms with van der Waals surface area (Å²) in [5.41, 5.74) is 1.11. The lowest BCUT2D eigenvalue weighted by Crippen LogP contribution is -2.30. The van der Waals surface area contributed by atoms with Crippen LogP contribution in [-0.2, 0) is 4.79 Å². The van der Waals surface area contributed by atoms with Crippen LogP contribution in [0.3, 0.4) is 0 Å². The van der Waals surface area contributed by atoms with E-state index in [1.807, 2.05) is 6.92 Å². The number of amides is 2. The van der Waals surface area contributed by atoms with Gasteiger partial charge in [-0.15, -0.1) is 0 Å². The Morgan fingerprint density at radius 2 is 1.59 bits per heavy atom. The maximum atomic E-state index is 12.8. The van der Waals surface area contributed by atoms with Gasteiger partial charge in [-0.3, -0.25) is 14.4 Å². The van der Waals surface area contributed by atoms with Crippen LogP contribution in [-0.4, -0.2) is 29.0 Å².